The van der Waals surface area contributed by atoms with Gasteiger partial charge in [0.2, 0.25) is 0 Å². The topological polar surface area (TPSA) is 52.3 Å². The molecule has 0 aliphatic heterocycles. The van der Waals surface area contributed by atoms with E-state index >= 15 is 0 Å². The third-order valence-electron chi connectivity index (χ3n) is 2.89. The second kappa shape index (κ2) is 8.49. The van der Waals surface area contributed by atoms with Crippen molar-refractivity contribution in [1.82, 2.24) is 0 Å². The van der Waals surface area contributed by atoms with Gasteiger partial charge in [0, 0.05) is 17.1 Å². The molecule has 0 heterocycles. The molecule has 2 N–H and O–H groups in total. The molecular formula is C17H19NO2S. The molecule has 2 aromatic rings. The van der Waals surface area contributed by atoms with Crippen molar-refractivity contribution in [2.75, 3.05) is 6.54 Å². The van der Waals surface area contributed by atoms with Crippen molar-refractivity contribution < 1.29 is 9.53 Å². The standard InChI is InChI=1S/C17H19NO2S/c18-12-4-7-17(19)20-15-10-8-14(9-11-15)13-21-16-5-2-1-3-6-16/h1-3,5-6,8-11H,4,7,12-13,18H2. The molecule has 0 atom stereocenters. The SMILES string of the molecule is NCCCC(=O)Oc1ccc(CSc2ccccc2)cc1. The van der Waals surface area contributed by atoms with Crippen LogP contribution in [-0.4, -0.2) is 12.5 Å². The van der Waals surface area contributed by atoms with Gasteiger partial charge in [-0.25, -0.2) is 0 Å². The number of nitrogens with two attached hydrogens (primary N) is 1. The van der Waals surface area contributed by atoms with Gasteiger partial charge in [-0.2, -0.15) is 0 Å². The molecule has 0 fully saturated rings. The number of benzene rings is 2. The van der Waals surface area contributed by atoms with E-state index in [2.05, 4.69) is 12.1 Å². The van der Waals surface area contributed by atoms with E-state index in [0.717, 1.165) is 5.75 Å². The van der Waals surface area contributed by atoms with E-state index in [-0.39, 0.29) is 5.97 Å². The summed E-state index contributed by atoms with van der Waals surface area (Å²) in [4.78, 5) is 12.7. The highest BCUT2D eigenvalue weighted by molar-refractivity contribution is 7.98. The van der Waals surface area contributed by atoms with Gasteiger partial charge in [-0.15, -0.1) is 11.8 Å². The number of rotatable bonds is 7. The summed E-state index contributed by atoms with van der Waals surface area (Å²) < 4.78 is 5.23. The number of carbonyl (C=O) groups is 1. The van der Waals surface area contributed by atoms with Crippen LogP contribution >= 0.6 is 11.8 Å². The molecular weight excluding hydrogens is 282 g/mol. The molecule has 4 heteroatoms. The molecule has 110 valence electrons. The fraction of sp³-hybridized carbons (Fsp3) is 0.235. The van der Waals surface area contributed by atoms with E-state index in [0.29, 0.717) is 25.1 Å². The summed E-state index contributed by atoms with van der Waals surface area (Å²) in [6.07, 6.45) is 1.02. The van der Waals surface area contributed by atoms with Crippen molar-refractivity contribution in [3.8, 4) is 5.75 Å². The Bertz CT molecular complexity index is 555. The Kier molecular flexibility index (Phi) is 6.31. The van der Waals surface area contributed by atoms with Crippen LogP contribution in [0.5, 0.6) is 5.75 Å². The Balaban J connectivity index is 1.83. The monoisotopic (exact) mass is 301 g/mol. The first-order chi connectivity index (χ1) is 10.3. The molecule has 21 heavy (non-hydrogen) atoms. The Hall–Kier alpha value is -1.78. The summed E-state index contributed by atoms with van der Waals surface area (Å²) >= 11 is 1.78. The van der Waals surface area contributed by atoms with Crippen LogP contribution < -0.4 is 10.5 Å². The molecule has 0 unspecified atom stereocenters. The third-order valence-corrected chi connectivity index (χ3v) is 3.97. The van der Waals surface area contributed by atoms with Gasteiger partial charge in [0.25, 0.3) is 0 Å². The van der Waals surface area contributed by atoms with Crippen LogP contribution in [0.1, 0.15) is 18.4 Å². The van der Waals surface area contributed by atoms with Crippen LogP contribution in [0.2, 0.25) is 0 Å². The smallest absolute Gasteiger partial charge is 0.311 e. The molecule has 0 saturated heterocycles. The average Bonchev–Trinajstić information content (AvgIpc) is 2.53. The number of ether oxygens (including phenoxy) is 1. The van der Waals surface area contributed by atoms with Crippen LogP contribution in [-0.2, 0) is 10.5 Å². The summed E-state index contributed by atoms with van der Waals surface area (Å²) in [6.45, 7) is 0.505. The number of esters is 1. The van der Waals surface area contributed by atoms with Gasteiger partial charge >= 0.3 is 5.97 Å². The fourth-order valence-electron chi connectivity index (χ4n) is 1.77. The largest absolute Gasteiger partial charge is 0.427 e. The van der Waals surface area contributed by atoms with Crippen molar-refractivity contribution in [3.63, 3.8) is 0 Å². The first kappa shape index (κ1) is 15.6. The minimum absolute atomic E-state index is 0.230. The van der Waals surface area contributed by atoms with Gasteiger partial charge in [0.1, 0.15) is 5.75 Å². The molecule has 2 rings (SSSR count). The maximum Gasteiger partial charge on any atom is 0.311 e. The Morgan fingerprint density at radius 1 is 1.05 bits per heavy atom. The van der Waals surface area contributed by atoms with Crippen molar-refractivity contribution >= 4 is 17.7 Å². The van der Waals surface area contributed by atoms with Crippen LogP contribution in [0.25, 0.3) is 0 Å². The predicted octanol–water partition coefficient (Wildman–Crippen LogP) is 3.62. The van der Waals surface area contributed by atoms with E-state index in [9.17, 15) is 4.79 Å². The van der Waals surface area contributed by atoms with Crippen molar-refractivity contribution in [3.05, 3.63) is 60.2 Å². The number of hydrogen-bond donors (Lipinski definition) is 1. The van der Waals surface area contributed by atoms with E-state index in [4.69, 9.17) is 10.5 Å². The maximum absolute atomic E-state index is 11.5. The van der Waals surface area contributed by atoms with Crippen molar-refractivity contribution in [2.45, 2.75) is 23.5 Å². The zero-order valence-electron chi connectivity index (χ0n) is 11.8. The Labute approximate surface area is 129 Å². The number of carbonyl (C=O) groups excluding carboxylic acids is 1. The van der Waals surface area contributed by atoms with Gasteiger partial charge in [0.05, 0.1) is 0 Å². The molecule has 3 nitrogen and oxygen atoms in total. The molecule has 0 bridgehead atoms. The molecule has 0 amide bonds. The third kappa shape index (κ3) is 5.61. The average molecular weight is 301 g/mol. The van der Waals surface area contributed by atoms with E-state index < -0.39 is 0 Å². The maximum atomic E-state index is 11.5. The van der Waals surface area contributed by atoms with E-state index in [1.165, 1.54) is 10.5 Å². The lowest BCUT2D eigenvalue weighted by molar-refractivity contribution is -0.134. The van der Waals surface area contributed by atoms with Crippen molar-refractivity contribution in [2.24, 2.45) is 5.73 Å². The highest BCUT2D eigenvalue weighted by Gasteiger charge is 2.04. The molecule has 2 aromatic carbocycles. The highest BCUT2D eigenvalue weighted by atomic mass is 32.2. The lowest BCUT2D eigenvalue weighted by atomic mass is 10.2. The highest BCUT2D eigenvalue weighted by Crippen LogP contribution is 2.23. The van der Waals surface area contributed by atoms with Crippen LogP contribution in [0.15, 0.2) is 59.5 Å². The van der Waals surface area contributed by atoms with Crippen LogP contribution in [0, 0.1) is 0 Å². The van der Waals surface area contributed by atoms with Crippen LogP contribution in [0.3, 0.4) is 0 Å². The fourth-order valence-corrected chi connectivity index (χ4v) is 2.64. The summed E-state index contributed by atoms with van der Waals surface area (Å²) in [5, 5.41) is 0. The Morgan fingerprint density at radius 3 is 2.43 bits per heavy atom. The van der Waals surface area contributed by atoms with Gasteiger partial charge < -0.3 is 10.5 Å². The van der Waals surface area contributed by atoms with Gasteiger partial charge in [-0.1, -0.05) is 30.3 Å². The van der Waals surface area contributed by atoms with E-state index in [1.54, 1.807) is 11.8 Å². The summed E-state index contributed by atoms with van der Waals surface area (Å²) in [5.41, 5.74) is 6.56. The molecule has 0 spiro atoms. The summed E-state index contributed by atoms with van der Waals surface area (Å²) in [7, 11) is 0. The first-order valence-corrected chi connectivity index (χ1v) is 7.94. The van der Waals surface area contributed by atoms with Crippen LogP contribution in [0.4, 0.5) is 0 Å². The normalized spacial score (nSPS) is 10.3. The zero-order chi connectivity index (χ0) is 14.9. The zero-order valence-corrected chi connectivity index (χ0v) is 12.6. The second-order valence-corrected chi connectivity index (χ2v) is 5.66. The lowest BCUT2D eigenvalue weighted by Crippen LogP contribution is -2.10. The quantitative estimate of drug-likeness (QED) is 0.482. The van der Waals surface area contributed by atoms with Gasteiger partial charge in [0.15, 0.2) is 0 Å². The molecule has 0 aliphatic carbocycles. The lowest BCUT2D eigenvalue weighted by Gasteiger charge is -2.06. The number of hydrogen-bond acceptors (Lipinski definition) is 4. The second-order valence-electron chi connectivity index (χ2n) is 4.61. The molecule has 0 saturated carbocycles. The number of thioether (sulfide) groups is 1. The Morgan fingerprint density at radius 2 is 1.76 bits per heavy atom. The van der Waals surface area contributed by atoms with E-state index in [1.807, 2.05) is 42.5 Å². The van der Waals surface area contributed by atoms with Gasteiger partial charge in [-0.05, 0) is 42.8 Å². The minimum Gasteiger partial charge on any atom is -0.427 e. The first-order valence-electron chi connectivity index (χ1n) is 6.95. The van der Waals surface area contributed by atoms with Crippen molar-refractivity contribution in [1.29, 1.82) is 0 Å². The molecule has 0 radical (unpaired) electrons. The summed E-state index contributed by atoms with van der Waals surface area (Å²) in [5.74, 6) is 1.25. The van der Waals surface area contributed by atoms with Gasteiger partial charge in [-0.3, -0.25) is 4.79 Å². The predicted molar refractivity (Wildman–Crippen MR) is 86.4 cm³/mol. The molecule has 0 aromatic heterocycles. The molecule has 0 aliphatic rings. The summed E-state index contributed by atoms with van der Waals surface area (Å²) in [6, 6.07) is 17.9. The minimum atomic E-state index is -0.230.